The molecule has 1 aromatic heterocycles. The fourth-order valence-corrected chi connectivity index (χ4v) is 3.65. The number of nitrogens with two attached hydrogens (primary N) is 1. The number of halogens is 1. The summed E-state index contributed by atoms with van der Waals surface area (Å²) in [7, 11) is 0. The Morgan fingerprint density at radius 2 is 1.79 bits per heavy atom. The lowest BCUT2D eigenvalue weighted by Crippen LogP contribution is -2.20. The van der Waals surface area contributed by atoms with Crippen LogP contribution >= 0.6 is 0 Å². The van der Waals surface area contributed by atoms with Gasteiger partial charge in [0.1, 0.15) is 0 Å². The first-order valence-corrected chi connectivity index (χ1v) is 11.0. The minimum atomic E-state index is -0.540. The summed E-state index contributed by atoms with van der Waals surface area (Å²) in [5.74, 6) is -0.422. The third-order valence-electron chi connectivity index (χ3n) is 5.54. The molecule has 4 rings (SSSR count). The van der Waals surface area contributed by atoms with Gasteiger partial charge in [-0.15, -0.1) is 0 Å². The van der Waals surface area contributed by atoms with E-state index in [1.165, 1.54) is 6.07 Å². The predicted molar refractivity (Wildman–Crippen MR) is 135 cm³/mol. The minimum Gasteiger partial charge on any atom is -0.368 e. The van der Waals surface area contributed by atoms with Gasteiger partial charge in [-0.25, -0.2) is 19.2 Å². The van der Waals surface area contributed by atoms with Gasteiger partial charge in [-0.1, -0.05) is 50.6 Å². The van der Waals surface area contributed by atoms with Crippen molar-refractivity contribution in [1.29, 1.82) is 0 Å². The van der Waals surface area contributed by atoms with E-state index >= 15 is 4.39 Å². The lowest BCUT2D eigenvalue weighted by molar-refractivity contribution is 0.262. The van der Waals surface area contributed by atoms with Crippen molar-refractivity contribution in [3.63, 3.8) is 0 Å². The maximum Gasteiger partial charge on any atom is 0.323 e. The van der Waals surface area contributed by atoms with E-state index < -0.39 is 11.8 Å². The molecule has 0 saturated carbocycles. The molecule has 0 bridgehead atoms. The number of carbonyl (C=O) groups excluding carboxylic acids is 1. The number of amides is 2. The molecule has 3 aromatic rings. The fraction of sp³-hybridized carbons (Fsp3) is 0.231. The van der Waals surface area contributed by atoms with Gasteiger partial charge in [-0.2, -0.15) is 0 Å². The number of benzene rings is 2. The van der Waals surface area contributed by atoms with Gasteiger partial charge in [0, 0.05) is 35.0 Å². The number of aryl methyl sites for hydroxylation is 1. The Bertz CT molecular complexity index is 1310. The average molecular weight is 459 g/mol. The summed E-state index contributed by atoms with van der Waals surface area (Å²) in [5, 5.41) is 5.33. The highest BCUT2D eigenvalue weighted by atomic mass is 19.1. The van der Waals surface area contributed by atoms with Crippen molar-refractivity contribution in [1.82, 2.24) is 9.97 Å². The van der Waals surface area contributed by atoms with Gasteiger partial charge in [0.15, 0.2) is 5.82 Å². The number of aliphatic imine (C=N–C) groups is 1. The minimum absolute atomic E-state index is 0.0698. The molecular weight excluding hydrogens is 431 g/mol. The molecule has 1 aliphatic rings. The van der Waals surface area contributed by atoms with Gasteiger partial charge in [0.05, 0.1) is 17.1 Å². The quantitative estimate of drug-likeness (QED) is 0.452. The Hall–Kier alpha value is -4.07. The molecule has 2 heterocycles. The Morgan fingerprint density at radius 1 is 1.06 bits per heavy atom. The number of rotatable bonds is 4. The van der Waals surface area contributed by atoms with E-state index in [1.54, 1.807) is 36.5 Å². The number of hydrogen-bond donors (Lipinski definition) is 3. The Balaban J connectivity index is 1.67. The van der Waals surface area contributed by atoms with Crippen LogP contribution in [0.2, 0.25) is 0 Å². The second-order valence-corrected chi connectivity index (χ2v) is 9.22. The molecular formula is C26H27FN6O. The van der Waals surface area contributed by atoms with Crippen LogP contribution in [0.25, 0.3) is 11.3 Å². The number of nitrogens with zero attached hydrogens (tertiary/aromatic N) is 3. The molecule has 4 N–H and O–H groups in total. The van der Waals surface area contributed by atoms with Crippen molar-refractivity contribution in [3.05, 3.63) is 77.4 Å². The first-order chi connectivity index (χ1) is 16.1. The SMILES string of the molecule is Cc1ccc(NC(=O)Nc2cccc(C3=C(c4ccnc(N)n4)N=C(C(C)(C)C)C3)c2F)cc1. The zero-order chi connectivity index (χ0) is 24.5. The van der Waals surface area contributed by atoms with E-state index in [2.05, 4.69) is 41.4 Å². The molecule has 8 heteroatoms. The molecule has 0 aliphatic carbocycles. The van der Waals surface area contributed by atoms with Crippen molar-refractivity contribution < 1.29 is 9.18 Å². The lowest BCUT2D eigenvalue weighted by atomic mass is 9.86. The first-order valence-electron chi connectivity index (χ1n) is 11.0. The van der Waals surface area contributed by atoms with Gasteiger partial charge in [-0.3, -0.25) is 4.99 Å². The molecule has 1 aliphatic heterocycles. The highest BCUT2D eigenvalue weighted by Crippen LogP contribution is 2.41. The summed E-state index contributed by atoms with van der Waals surface area (Å²) in [6.45, 7) is 8.14. The lowest BCUT2D eigenvalue weighted by Gasteiger charge is -2.19. The van der Waals surface area contributed by atoms with E-state index in [0.717, 1.165) is 11.3 Å². The molecule has 2 amide bonds. The summed E-state index contributed by atoms with van der Waals surface area (Å²) in [6.07, 6.45) is 2.01. The molecule has 0 atom stereocenters. The van der Waals surface area contributed by atoms with E-state index in [4.69, 9.17) is 10.7 Å². The molecule has 2 aromatic carbocycles. The van der Waals surface area contributed by atoms with Crippen molar-refractivity contribution >= 4 is 40.3 Å². The van der Waals surface area contributed by atoms with Crippen LogP contribution in [0, 0.1) is 18.2 Å². The van der Waals surface area contributed by atoms with E-state index in [9.17, 15) is 4.79 Å². The summed E-state index contributed by atoms with van der Waals surface area (Å²) >= 11 is 0. The summed E-state index contributed by atoms with van der Waals surface area (Å²) in [5.41, 5.74) is 10.4. The van der Waals surface area contributed by atoms with Crippen molar-refractivity contribution in [3.8, 4) is 0 Å². The molecule has 174 valence electrons. The third-order valence-corrected chi connectivity index (χ3v) is 5.54. The van der Waals surface area contributed by atoms with Crippen LogP contribution in [0.5, 0.6) is 0 Å². The van der Waals surface area contributed by atoms with Crippen molar-refractivity contribution in [2.24, 2.45) is 10.4 Å². The van der Waals surface area contributed by atoms with Gasteiger partial charge in [0.25, 0.3) is 0 Å². The third kappa shape index (κ3) is 4.96. The zero-order valence-electron chi connectivity index (χ0n) is 19.6. The number of aromatic nitrogens is 2. The summed E-state index contributed by atoms with van der Waals surface area (Å²) in [6, 6.07) is 13.4. The van der Waals surface area contributed by atoms with Gasteiger partial charge in [0.2, 0.25) is 5.95 Å². The average Bonchev–Trinajstić information content (AvgIpc) is 3.23. The second kappa shape index (κ2) is 9.05. The zero-order valence-corrected chi connectivity index (χ0v) is 19.6. The van der Waals surface area contributed by atoms with Crippen molar-refractivity contribution in [2.45, 2.75) is 34.1 Å². The molecule has 0 fully saturated rings. The van der Waals surface area contributed by atoms with Crippen LogP contribution < -0.4 is 16.4 Å². The second-order valence-electron chi connectivity index (χ2n) is 9.22. The molecule has 0 saturated heterocycles. The fourth-order valence-electron chi connectivity index (χ4n) is 3.65. The van der Waals surface area contributed by atoms with Gasteiger partial charge < -0.3 is 16.4 Å². The Kier molecular flexibility index (Phi) is 6.15. The van der Waals surface area contributed by atoms with Crippen LogP contribution in [0.15, 0.2) is 59.7 Å². The maximum atomic E-state index is 15.7. The number of anilines is 3. The topological polar surface area (TPSA) is 105 Å². The highest BCUT2D eigenvalue weighted by molar-refractivity contribution is 6.12. The van der Waals surface area contributed by atoms with Gasteiger partial charge in [-0.05, 0) is 36.8 Å². The summed E-state index contributed by atoms with van der Waals surface area (Å²) < 4.78 is 15.7. The monoisotopic (exact) mass is 458 g/mol. The predicted octanol–water partition coefficient (Wildman–Crippen LogP) is 5.91. The van der Waals surface area contributed by atoms with Crippen LogP contribution in [0.4, 0.5) is 26.5 Å². The Labute approximate surface area is 198 Å². The number of hydrogen-bond acceptors (Lipinski definition) is 5. The van der Waals surface area contributed by atoms with E-state index in [1.807, 2.05) is 19.1 Å². The van der Waals surface area contributed by atoms with Crippen LogP contribution in [-0.2, 0) is 0 Å². The molecule has 34 heavy (non-hydrogen) atoms. The van der Waals surface area contributed by atoms with Crippen LogP contribution in [0.3, 0.4) is 0 Å². The van der Waals surface area contributed by atoms with E-state index in [0.29, 0.717) is 34.6 Å². The largest absolute Gasteiger partial charge is 0.368 e. The summed E-state index contributed by atoms with van der Waals surface area (Å²) in [4.78, 5) is 25.6. The van der Waals surface area contributed by atoms with Crippen LogP contribution in [-0.4, -0.2) is 21.7 Å². The molecule has 7 nitrogen and oxygen atoms in total. The smallest absolute Gasteiger partial charge is 0.323 e. The normalized spacial score (nSPS) is 13.6. The van der Waals surface area contributed by atoms with E-state index in [-0.39, 0.29) is 17.1 Å². The molecule has 0 radical (unpaired) electrons. The maximum absolute atomic E-state index is 15.7. The number of urea groups is 1. The first kappa shape index (κ1) is 23.1. The number of allylic oxidation sites excluding steroid dienone is 1. The Morgan fingerprint density at radius 3 is 2.47 bits per heavy atom. The molecule has 0 unspecified atom stereocenters. The van der Waals surface area contributed by atoms with Crippen LogP contribution in [0.1, 0.15) is 44.0 Å². The van der Waals surface area contributed by atoms with Gasteiger partial charge >= 0.3 is 6.03 Å². The number of carbonyl (C=O) groups is 1. The molecule has 0 spiro atoms. The number of nitrogen functional groups attached to an aromatic ring is 1. The standard InChI is InChI=1S/C26H27FN6O/c1-15-8-10-16(11-9-15)30-25(34)32-19-7-5-6-17(22(19)27)18-14-21(26(2,3)4)33-23(18)20-12-13-29-24(28)31-20/h5-13H,14H2,1-4H3,(H2,28,29,31)(H2,30,32,34). The number of nitrogens with one attached hydrogen (secondary N) is 2. The highest BCUT2D eigenvalue weighted by Gasteiger charge is 2.30. The van der Waals surface area contributed by atoms with Crippen molar-refractivity contribution in [2.75, 3.05) is 16.4 Å².